The first-order chi connectivity index (χ1) is 9.24. The molecule has 0 unspecified atom stereocenters. The second-order valence-corrected chi connectivity index (χ2v) is 4.90. The lowest BCUT2D eigenvalue weighted by Gasteiger charge is -2.05. The maximum absolute atomic E-state index is 12.2. The molecule has 3 nitrogen and oxygen atoms in total. The van der Waals surface area contributed by atoms with E-state index >= 15 is 0 Å². The van der Waals surface area contributed by atoms with Gasteiger partial charge in [-0.05, 0) is 35.4 Å². The number of rotatable bonds is 3. The van der Waals surface area contributed by atoms with E-state index in [0.29, 0.717) is 23.6 Å². The highest BCUT2D eigenvalue weighted by Crippen LogP contribution is 2.26. The number of ether oxygens (including phenoxy) is 1. The quantitative estimate of drug-likeness (QED) is 0.807. The van der Waals surface area contributed by atoms with Crippen molar-refractivity contribution in [2.24, 2.45) is 0 Å². The Morgan fingerprint density at radius 1 is 1.37 bits per heavy atom. The molecule has 0 radical (unpaired) electrons. The number of pyridine rings is 1. The van der Waals surface area contributed by atoms with Crippen LogP contribution in [0.5, 0.6) is 5.75 Å². The molecule has 3 rings (SSSR count). The minimum absolute atomic E-state index is 0.0581. The normalized spacial score (nSPS) is 12.9. The molecule has 0 fully saturated rings. The second kappa shape index (κ2) is 5.02. The van der Waals surface area contributed by atoms with Crippen molar-refractivity contribution in [2.45, 2.75) is 12.8 Å². The van der Waals surface area contributed by atoms with Gasteiger partial charge in [-0.15, -0.1) is 0 Å². The third-order valence-corrected chi connectivity index (χ3v) is 3.56. The summed E-state index contributed by atoms with van der Waals surface area (Å²) in [7, 11) is 0. The summed E-state index contributed by atoms with van der Waals surface area (Å²) in [6.45, 7) is 0.698. The third-order valence-electron chi connectivity index (χ3n) is 3.22. The molecule has 0 saturated heterocycles. The van der Waals surface area contributed by atoms with Gasteiger partial charge in [0.25, 0.3) is 0 Å². The van der Waals surface area contributed by atoms with Crippen LogP contribution in [-0.4, -0.2) is 17.4 Å². The van der Waals surface area contributed by atoms with Crippen molar-refractivity contribution in [2.75, 3.05) is 6.61 Å². The summed E-state index contributed by atoms with van der Waals surface area (Å²) in [6.07, 6.45) is 4.36. The summed E-state index contributed by atoms with van der Waals surface area (Å²) in [5.74, 6) is 0.946. The highest BCUT2D eigenvalue weighted by Gasteiger charge is 2.15. The third kappa shape index (κ3) is 2.47. The number of carbonyl (C=O) groups excluding carboxylic acids is 1. The van der Waals surface area contributed by atoms with Crippen molar-refractivity contribution >= 4 is 17.4 Å². The molecule has 19 heavy (non-hydrogen) atoms. The number of benzene rings is 1. The predicted octanol–water partition coefficient (Wildman–Crippen LogP) is 3.10. The number of hydrogen-bond donors (Lipinski definition) is 0. The molecule has 96 valence electrons. The monoisotopic (exact) mass is 273 g/mol. The van der Waals surface area contributed by atoms with Gasteiger partial charge >= 0.3 is 0 Å². The van der Waals surface area contributed by atoms with Crippen LogP contribution in [0.15, 0.2) is 36.7 Å². The Hall–Kier alpha value is -1.87. The van der Waals surface area contributed by atoms with Crippen molar-refractivity contribution < 1.29 is 9.53 Å². The van der Waals surface area contributed by atoms with Gasteiger partial charge < -0.3 is 4.74 Å². The van der Waals surface area contributed by atoms with Crippen LogP contribution >= 0.6 is 11.6 Å². The topological polar surface area (TPSA) is 39.2 Å². The number of nitrogens with zero attached hydrogens (tertiary/aromatic N) is 1. The summed E-state index contributed by atoms with van der Waals surface area (Å²) < 4.78 is 5.43. The molecule has 1 aromatic heterocycles. The van der Waals surface area contributed by atoms with Crippen LogP contribution in [0.4, 0.5) is 0 Å². The average Bonchev–Trinajstić information content (AvgIpc) is 2.88. The summed E-state index contributed by atoms with van der Waals surface area (Å²) in [5, 5.41) is 0.528. The molecule has 2 heterocycles. The molecule has 0 bridgehead atoms. The van der Waals surface area contributed by atoms with E-state index < -0.39 is 0 Å². The minimum Gasteiger partial charge on any atom is -0.493 e. The van der Waals surface area contributed by atoms with Crippen LogP contribution in [0.1, 0.15) is 21.5 Å². The Bertz CT molecular complexity index is 640. The molecule has 1 aliphatic heterocycles. The largest absolute Gasteiger partial charge is 0.493 e. The van der Waals surface area contributed by atoms with Gasteiger partial charge in [0.2, 0.25) is 0 Å². The molecule has 0 aliphatic carbocycles. The van der Waals surface area contributed by atoms with Gasteiger partial charge in [-0.3, -0.25) is 9.78 Å². The molecule has 0 N–H and O–H groups in total. The lowest BCUT2D eigenvalue weighted by Crippen LogP contribution is -2.04. The number of aromatic nitrogens is 1. The maximum Gasteiger partial charge on any atom is 0.167 e. The van der Waals surface area contributed by atoms with E-state index in [0.717, 1.165) is 23.3 Å². The fraction of sp³-hybridized carbons (Fsp3) is 0.200. The first kappa shape index (κ1) is 12.2. The van der Waals surface area contributed by atoms with Crippen LogP contribution in [0.3, 0.4) is 0 Å². The van der Waals surface area contributed by atoms with Crippen molar-refractivity contribution in [1.29, 1.82) is 0 Å². The van der Waals surface area contributed by atoms with E-state index in [1.807, 2.05) is 18.2 Å². The Morgan fingerprint density at radius 3 is 3.11 bits per heavy atom. The number of Topliss-reactive ketones (excluding diaryl/α,β-unsaturated/α-hetero) is 1. The summed E-state index contributed by atoms with van der Waals surface area (Å²) in [5.41, 5.74) is 2.61. The van der Waals surface area contributed by atoms with E-state index in [1.54, 1.807) is 18.5 Å². The van der Waals surface area contributed by atoms with Crippen LogP contribution in [0, 0.1) is 0 Å². The zero-order chi connectivity index (χ0) is 13.2. The minimum atomic E-state index is 0.0581. The van der Waals surface area contributed by atoms with E-state index in [2.05, 4.69) is 4.98 Å². The second-order valence-electron chi connectivity index (χ2n) is 4.49. The zero-order valence-electron chi connectivity index (χ0n) is 10.2. The molecule has 2 aromatic rings. The lowest BCUT2D eigenvalue weighted by atomic mass is 10.0. The number of carbonyl (C=O) groups is 1. The lowest BCUT2D eigenvalue weighted by molar-refractivity contribution is 0.0993. The van der Waals surface area contributed by atoms with Gasteiger partial charge in [0.05, 0.1) is 11.6 Å². The Labute approximate surface area is 116 Å². The summed E-state index contributed by atoms with van der Waals surface area (Å²) in [6, 6.07) is 7.36. The van der Waals surface area contributed by atoms with Crippen molar-refractivity contribution in [3.05, 3.63) is 58.4 Å². The number of ketones is 1. The SMILES string of the molecule is O=C(Cc1ccncc1Cl)c1ccc2c(c1)CCO2. The van der Waals surface area contributed by atoms with Crippen LogP contribution in [-0.2, 0) is 12.8 Å². The fourth-order valence-corrected chi connectivity index (χ4v) is 2.37. The number of hydrogen-bond acceptors (Lipinski definition) is 3. The van der Waals surface area contributed by atoms with E-state index in [9.17, 15) is 4.79 Å². The van der Waals surface area contributed by atoms with Crippen LogP contribution in [0.2, 0.25) is 5.02 Å². The van der Waals surface area contributed by atoms with Crippen molar-refractivity contribution in [3.63, 3.8) is 0 Å². The van der Waals surface area contributed by atoms with Gasteiger partial charge in [0.1, 0.15) is 5.75 Å². The molecule has 0 atom stereocenters. The first-order valence-electron chi connectivity index (χ1n) is 6.11. The van der Waals surface area contributed by atoms with Crippen molar-refractivity contribution in [1.82, 2.24) is 4.98 Å². The standard InChI is InChI=1S/C15H12ClNO2/c16-13-9-17-5-3-10(13)8-14(18)11-1-2-15-12(7-11)4-6-19-15/h1-3,5,7,9H,4,6,8H2. The van der Waals surface area contributed by atoms with E-state index in [-0.39, 0.29) is 5.78 Å². The average molecular weight is 274 g/mol. The molecule has 4 heteroatoms. The van der Waals surface area contributed by atoms with Gasteiger partial charge in [-0.25, -0.2) is 0 Å². The number of fused-ring (bicyclic) bond motifs is 1. The first-order valence-corrected chi connectivity index (χ1v) is 6.49. The Morgan fingerprint density at radius 2 is 2.26 bits per heavy atom. The molecule has 0 saturated carbocycles. The van der Waals surface area contributed by atoms with Crippen LogP contribution in [0.25, 0.3) is 0 Å². The maximum atomic E-state index is 12.2. The summed E-state index contributed by atoms with van der Waals surface area (Å²) in [4.78, 5) is 16.2. The zero-order valence-corrected chi connectivity index (χ0v) is 11.0. The van der Waals surface area contributed by atoms with Gasteiger partial charge in [0.15, 0.2) is 5.78 Å². The van der Waals surface area contributed by atoms with Crippen molar-refractivity contribution in [3.8, 4) is 5.75 Å². The highest BCUT2D eigenvalue weighted by atomic mass is 35.5. The molecular weight excluding hydrogens is 262 g/mol. The molecule has 1 aromatic carbocycles. The highest BCUT2D eigenvalue weighted by molar-refractivity contribution is 6.31. The summed E-state index contributed by atoms with van der Waals surface area (Å²) >= 11 is 6.01. The smallest absolute Gasteiger partial charge is 0.167 e. The predicted molar refractivity (Wildman–Crippen MR) is 72.9 cm³/mol. The molecule has 1 aliphatic rings. The van der Waals surface area contributed by atoms with Gasteiger partial charge in [-0.2, -0.15) is 0 Å². The van der Waals surface area contributed by atoms with Gasteiger partial charge in [0, 0.05) is 30.8 Å². The molecular formula is C15H12ClNO2. The molecule has 0 amide bonds. The van der Waals surface area contributed by atoms with Gasteiger partial charge in [-0.1, -0.05) is 11.6 Å². The van der Waals surface area contributed by atoms with E-state index in [1.165, 1.54) is 0 Å². The Kier molecular flexibility index (Phi) is 3.22. The van der Waals surface area contributed by atoms with E-state index in [4.69, 9.17) is 16.3 Å². The molecule has 0 spiro atoms. The fourth-order valence-electron chi connectivity index (χ4n) is 2.18. The Balaban J connectivity index is 1.83. The van der Waals surface area contributed by atoms with Crippen LogP contribution < -0.4 is 4.74 Å². The number of halogens is 1.